The maximum absolute atomic E-state index is 12.6. The summed E-state index contributed by atoms with van der Waals surface area (Å²) < 4.78 is 47.7. The minimum absolute atomic E-state index is 0.0268. The highest BCUT2D eigenvalue weighted by Crippen LogP contribution is 2.41. The molecule has 3 heterocycles. The Kier molecular flexibility index (Phi) is 6.97. The van der Waals surface area contributed by atoms with Crippen LogP contribution in [0.3, 0.4) is 0 Å². The summed E-state index contributed by atoms with van der Waals surface area (Å²) in [6.07, 6.45) is -5.57. The fourth-order valence-corrected chi connectivity index (χ4v) is 4.71. The standard InChI is InChI=1S/C23H32F3N3O3/c1-18(23(24,25)26)32-21(30)29-16-22(17-29)6-8-27(9-7-22)14-19-2-4-20(5-3-19)15-28-10-12-31-13-11-28/h2-5,18H,6-17H2,1H3. The predicted molar refractivity (Wildman–Crippen MR) is 113 cm³/mol. The number of likely N-dealkylation sites (tertiary alicyclic amines) is 2. The van der Waals surface area contributed by atoms with Crippen molar-refractivity contribution >= 4 is 6.09 Å². The van der Waals surface area contributed by atoms with Crippen molar-refractivity contribution in [1.29, 1.82) is 0 Å². The molecule has 9 heteroatoms. The van der Waals surface area contributed by atoms with Gasteiger partial charge in [0.25, 0.3) is 0 Å². The molecule has 3 aliphatic heterocycles. The highest BCUT2D eigenvalue weighted by atomic mass is 19.4. The molecule has 0 saturated carbocycles. The van der Waals surface area contributed by atoms with Crippen LogP contribution in [-0.4, -0.2) is 85.6 Å². The van der Waals surface area contributed by atoms with E-state index in [2.05, 4.69) is 38.8 Å². The van der Waals surface area contributed by atoms with Crippen LogP contribution in [0.2, 0.25) is 0 Å². The van der Waals surface area contributed by atoms with Crippen molar-refractivity contribution in [1.82, 2.24) is 14.7 Å². The molecule has 1 aromatic rings. The zero-order valence-electron chi connectivity index (χ0n) is 18.6. The molecule has 1 spiro atoms. The Balaban J connectivity index is 1.18. The molecule has 1 atom stereocenters. The maximum Gasteiger partial charge on any atom is 0.425 e. The number of alkyl halides is 3. The number of piperidine rings is 1. The van der Waals surface area contributed by atoms with Crippen LogP contribution in [0.25, 0.3) is 0 Å². The van der Waals surface area contributed by atoms with Gasteiger partial charge in [-0.05, 0) is 44.0 Å². The van der Waals surface area contributed by atoms with E-state index < -0.39 is 18.4 Å². The first-order valence-corrected chi connectivity index (χ1v) is 11.4. The van der Waals surface area contributed by atoms with Gasteiger partial charge in [0.2, 0.25) is 0 Å². The van der Waals surface area contributed by atoms with Crippen molar-refractivity contribution < 1.29 is 27.4 Å². The van der Waals surface area contributed by atoms with Crippen molar-refractivity contribution in [3.63, 3.8) is 0 Å². The summed E-state index contributed by atoms with van der Waals surface area (Å²) in [6, 6.07) is 8.80. The fraction of sp³-hybridized carbons (Fsp3) is 0.696. The Morgan fingerprint density at radius 2 is 1.50 bits per heavy atom. The number of benzene rings is 1. The second kappa shape index (κ2) is 9.57. The lowest BCUT2D eigenvalue weighted by Crippen LogP contribution is -2.62. The van der Waals surface area contributed by atoms with Gasteiger partial charge >= 0.3 is 12.3 Å². The third-order valence-electron chi connectivity index (χ3n) is 6.91. The first-order chi connectivity index (χ1) is 15.2. The normalized spacial score (nSPS) is 23.1. The number of carbonyl (C=O) groups is 1. The van der Waals surface area contributed by atoms with Crippen molar-refractivity contribution in [3.8, 4) is 0 Å². The quantitative estimate of drug-likeness (QED) is 0.680. The summed E-state index contributed by atoms with van der Waals surface area (Å²) in [5, 5.41) is 0. The summed E-state index contributed by atoms with van der Waals surface area (Å²) in [4.78, 5) is 18.2. The molecule has 4 rings (SSSR count). The molecule has 178 valence electrons. The maximum atomic E-state index is 12.6. The van der Waals surface area contributed by atoms with Gasteiger partial charge in [0, 0.05) is 44.7 Å². The molecule has 0 N–H and O–H groups in total. The Hall–Kier alpha value is -1.84. The first-order valence-electron chi connectivity index (χ1n) is 11.4. The Labute approximate surface area is 187 Å². The molecule has 0 aliphatic carbocycles. The molecular weight excluding hydrogens is 423 g/mol. The molecule has 6 nitrogen and oxygen atoms in total. The average Bonchev–Trinajstić information content (AvgIpc) is 2.74. The van der Waals surface area contributed by atoms with E-state index >= 15 is 0 Å². The van der Waals surface area contributed by atoms with Gasteiger partial charge in [0.15, 0.2) is 6.10 Å². The van der Waals surface area contributed by atoms with E-state index in [0.717, 1.165) is 72.2 Å². The lowest BCUT2D eigenvalue weighted by atomic mass is 9.72. The zero-order valence-corrected chi connectivity index (χ0v) is 18.6. The van der Waals surface area contributed by atoms with Crippen molar-refractivity contribution in [2.45, 2.75) is 45.1 Å². The largest absolute Gasteiger partial charge is 0.437 e. The van der Waals surface area contributed by atoms with Crippen LogP contribution in [0.1, 0.15) is 30.9 Å². The van der Waals surface area contributed by atoms with Gasteiger partial charge in [-0.3, -0.25) is 9.80 Å². The number of carbonyl (C=O) groups excluding carboxylic acids is 1. The third-order valence-corrected chi connectivity index (χ3v) is 6.91. The molecule has 1 aromatic carbocycles. The van der Waals surface area contributed by atoms with Crippen LogP contribution in [0.4, 0.5) is 18.0 Å². The molecule has 3 fully saturated rings. The van der Waals surface area contributed by atoms with Gasteiger partial charge in [-0.2, -0.15) is 13.2 Å². The number of halogens is 3. The molecule has 0 bridgehead atoms. The third kappa shape index (κ3) is 5.74. The molecule has 0 radical (unpaired) electrons. The average molecular weight is 456 g/mol. The van der Waals surface area contributed by atoms with Crippen LogP contribution in [-0.2, 0) is 22.6 Å². The monoisotopic (exact) mass is 455 g/mol. The smallest absolute Gasteiger partial charge is 0.425 e. The van der Waals surface area contributed by atoms with Crippen LogP contribution in [0, 0.1) is 5.41 Å². The summed E-state index contributed by atoms with van der Waals surface area (Å²) in [5.41, 5.74) is 2.63. The van der Waals surface area contributed by atoms with E-state index in [1.165, 1.54) is 16.0 Å². The highest BCUT2D eigenvalue weighted by molar-refractivity contribution is 5.69. The van der Waals surface area contributed by atoms with Crippen molar-refractivity contribution in [2.75, 3.05) is 52.5 Å². The zero-order chi connectivity index (χ0) is 22.8. The summed E-state index contributed by atoms with van der Waals surface area (Å²) in [6.45, 7) is 9.11. The molecule has 1 unspecified atom stereocenters. The molecule has 0 aromatic heterocycles. The summed E-state index contributed by atoms with van der Waals surface area (Å²) >= 11 is 0. The van der Waals surface area contributed by atoms with Crippen LogP contribution in [0.5, 0.6) is 0 Å². The van der Waals surface area contributed by atoms with Gasteiger partial charge in [-0.25, -0.2) is 4.79 Å². The summed E-state index contributed by atoms with van der Waals surface area (Å²) in [7, 11) is 0. The molecule has 3 aliphatic rings. The Morgan fingerprint density at radius 3 is 2.00 bits per heavy atom. The van der Waals surface area contributed by atoms with Gasteiger partial charge in [0.1, 0.15) is 0 Å². The van der Waals surface area contributed by atoms with Crippen LogP contribution < -0.4 is 0 Å². The van der Waals surface area contributed by atoms with E-state index in [0.29, 0.717) is 13.1 Å². The van der Waals surface area contributed by atoms with Gasteiger partial charge in [-0.1, -0.05) is 24.3 Å². The second-order valence-corrected chi connectivity index (χ2v) is 9.40. The SMILES string of the molecule is CC(OC(=O)N1CC2(CCN(Cc3ccc(CN4CCOCC4)cc3)CC2)C1)C(F)(F)F. The van der Waals surface area contributed by atoms with Gasteiger partial charge in [0.05, 0.1) is 13.2 Å². The number of rotatable bonds is 5. The number of hydrogen-bond donors (Lipinski definition) is 0. The van der Waals surface area contributed by atoms with Gasteiger partial charge < -0.3 is 14.4 Å². The van der Waals surface area contributed by atoms with Gasteiger partial charge in [-0.15, -0.1) is 0 Å². The predicted octanol–water partition coefficient (Wildman–Crippen LogP) is 3.50. The lowest BCUT2D eigenvalue weighted by molar-refractivity contribution is -0.202. The van der Waals surface area contributed by atoms with E-state index in [4.69, 9.17) is 4.74 Å². The van der Waals surface area contributed by atoms with Crippen LogP contribution >= 0.6 is 0 Å². The molecular formula is C23H32F3N3O3. The lowest BCUT2D eigenvalue weighted by Gasteiger charge is -2.53. The Morgan fingerprint density at radius 1 is 1.00 bits per heavy atom. The molecule has 32 heavy (non-hydrogen) atoms. The van der Waals surface area contributed by atoms with Crippen molar-refractivity contribution in [2.24, 2.45) is 5.41 Å². The van der Waals surface area contributed by atoms with E-state index in [9.17, 15) is 18.0 Å². The molecule has 1 amide bonds. The van der Waals surface area contributed by atoms with Crippen molar-refractivity contribution in [3.05, 3.63) is 35.4 Å². The highest BCUT2D eigenvalue weighted by Gasteiger charge is 2.48. The topological polar surface area (TPSA) is 45.2 Å². The number of amides is 1. The number of ether oxygens (including phenoxy) is 2. The summed E-state index contributed by atoms with van der Waals surface area (Å²) in [5.74, 6) is 0. The number of nitrogens with zero attached hydrogens (tertiary/aromatic N) is 3. The van der Waals surface area contributed by atoms with E-state index in [1.807, 2.05) is 0 Å². The van der Waals surface area contributed by atoms with E-state index in [1.54, 1.807) is 0 Å². The number of hydrogen-bond acceptors (Lipinski definition) is 5. The number of morpholine rings is 1. The van der Waals surface area contributed by atoms with Crippen LogP contribution in [0.15, 0.2) is 24.3 Å². The fourth-order valence-electron chi connectivity index (χ4n) is 4.71. The first kappa shape index (κ1) is 23.3. The van der Waals surface area contributed by atoms with E-state index in [-0.39, 0.29) is 5.41 Å². The Bertz CT molecular complexity index is 765. The molecule has 3 saturated heterocycles. The second-order valence-electron chi connectivity index (χ2n) is 9.40. The minimum atomic E-state index is -4.52. The minimum Gasteiger partial charge on any atom is -0.437 e.